The summed E-state index contributed by atoms with van der Waals surface area (Å²) in [7, 11) is 0. The number of hydrogen-bond donors (Lipinski definition) is 1. The molecule has 1 aliphatic carbocycles. The number of hydrogen-bond acceptors (Lipinski definition) is 2. The molecule has 1 saturated carbocycles. The number of benzene rings is 1. The third kappa shape index (κ3) is 1.88. The molecule has 1 aliphatic rings. The summed E-state index contributed by atoms with van der Waals surface area (Å²) in [6.07, 6.45) is 2.05. The van der Waals surface area contributed by atoms with Crippen LogP contribution in [-0.2, 0) is 0 Å². The second-order valence-electron chi connectivity index (χ2n) is 4.46. The average Bonchev–Trinajstić information content (AvgIpc) is 3.13. The maximum absolute atomic E-state index is 13.5. The molecule has 1 fully saturated rings. The maximum atomic E-state index is 13.5. The van der Waals surface area contributed by atoms with E-state index in [9.17, 15) is 14.3 Å². The monoisotopic (exact) mass is 309 g/mol. The number of carboxylic acid groups (broad SMARTS) is 1. The molecule has 2 aromatic rings. The van der Waals surface area contributed by atoms with Crippen LogP contribution in [0.5, 0.6) is 0 Å². The predicted octanol–water partition coefficient (Wildman–Crippen LogP) is 3.71. The van der Waals surface area contributed by atoms with Gasteiger partial charge in [0, 0.05) is 23.1 Å². The summed E-state index contributed by atoms with van der Waals surface area (Å²) in [5.41, 5.74) is 1.33. The molecule has 0 atom stereocenters. The van der Waals surface area contributed by atoms with Crippen molar-refractivity contribution in [2.75, 3.05) is 0 Å². The predicted molar refractivity (Wildman–Crippen MR) is 68.3 cm³/mol. The van der Waals surface area contributed by atoms with Gasteiger partial charge in [-0.25, -0.2) is 9.18 Å². The molecule has 1 aromatic carbocycles. The van der Waals surface area contributed by atoms with Gasteiger partial charge in [0.15, 0.2) is 0 Å². The molecule has 0 saturated heterocycles. The van der Waals surface area contributed by atoms with Gasteiger partial charge < -0.3 is 5.11 Å². The molecule has 0 unspecified atom stereocenters. The quantitative estimate of drug-likeness (QED) is 0.920. The Morgan fingerprint density at radius 3 is 2.72 bits per heavy atom. The average molecular weight is 310 g/mol. The fourth-order valence-corrected chi connectivity index (χ4v) is 2.35. The van der Waals surface area contributed by atoms with Crippen molar-refractivity contribution >= 4 is 32.8 Å². The van der Waals surface area contributed by atoms with E-state index in [1.165, 1.54) is 12.1 Å². The zero-order chi connectivity index (χ0) is 12.9. The molecule has 92 valence electrons. The topological polar surface area (TPSA) is 50.2 Å². The number of aromatic carboxylic acids is 1. The molecular formula is C13H9BrFNO2. The highest BCUT2D eigenvalue weighted by molar-refractivity contribution is 9.10. The van der Waals surface area contributed by atoms with Gasteiger partial charge in [0.25, 0.3) is 0 Å². The summed E-state index contributed by atoms with van der Waals surface area (Å²) in [4.78, 5) is 15.6. The summed E-state index contributed by atoms with van der Waals surface area (Å²) in [6, 6.07) is 4.35. The van der Waals surface area contributed by atoms with Crippen LogP contribution in [0.3, 0.4) is 0 Å². The lowest BCUT2D eigenvalue weighted by Gasteiger charge is -2.07. The standard InChI is InChI=1S/C13H9BrFNO2/c14-9-3-7-8(13(17)18)4-11(6-1-2-6)16-12(7)5-10(9)15/h3-6H,1-2H2,(H,17,18). The Labute approximate surface area is 111 Å². The van der Waals surface area contributed by atoms with Gasteiger partial charge in [-0.15, -0.1) is 0 Å². The minimum Gasteiger partial charge on any atom is -0.478 e. The van der Waals surface area contributed by atoms with Crippen molar-refractivity contribution in [1.82, 2.24) is 4.98 Å². The van der Waals surface area contributed by atoms with Gasteiger partial charge in [-0.1, -0.05) is 0 Å². The number of fused-ring (bicyclic) bond motifs is 1. The largest absolute Gasteiger partial charge is 0.478 e. The van der Waals surface area contributed by atoms with Gasteiger partial charge >= 0.3 is 5.97 Å². The van der Waals surface area contributed by atoms with Gasteiger partial charge in [-0.3, -0.25) is 4.98 Å². The van der Waals surface area contributed by atoms with Crippen molar-refractivity contribution in [1.29, 1.82) is 0 Å². The van der Waals surface area contributed by atoms with Crippen LogP contribution in [-0.4, -0.2) is 16.1 Å². The number of carboxylic acids is 1. The Bertz CT molecular complexity index is 668. The third-order valence-corrected chi connectivity index (χ3v) is 3.70. The van der Waals surface area contributed by atoms with Crippen molar-refractivity contribution in [3.8, 4) is 0 Å². The van der Waals surface area contributed by atoms with Gasteiger partial charge in [-0.2, -0.15) is 0 Å². The van der Waals surface area contributed by atoms with E-state index in [1.807, 2.05) is 0 Å². The molecule has 0 bridgehead atoms. The normalized spacial score (nSPS) is 15.0. The summed E-state index contributed by atoms with van der Waals surface area (Å²) >= 11 is 3.06. The third-order valence-electron chi connectivity index (χ3n) is 3.10. The fraction of sp³-hybridized carbons (Fsp3) is 0.231. The highest BCUT2D eigenvalue weighted by Crippen LogP contribution is 2.40. The van der Waals surface area contributed by atoms with E-state index in [4.69, 9.17) is 0 Å². The van der Waals surface area contributed by atoms with E-state index in [-0.39, 0.29) is 10.0 Å². The lowest BCUT2D eigenvalue weighted by atomic mass is 10.1. The smallest absolute Gasteiger partial charge is 0.336 e. The van der Waals surface area contributed by atoms with Crippen molar-refractivity contribution in [3.05, 3.63) is 39.7 Å². The number of rotatable bonds is 2. The van der Waals surface area contributed by atoms with Crippen LogP contribution in [0, 0.1) is 5.82 Å². The molecule has 0 radical (unpaired) electrons. The molecule has 1 N–H and O–H groups in total. The summed E-state index contributed by atoms with van der Waals surface area (Å²) in [6.45, 7) is 0. The van der Waals surface area contributed by atoms with Crippen LogP contribution in [0.25, 0.3) is 10.9 Å². The number of aromatic nitrogens is 1. The van der Waals surface area contributed by atoms with E-state index in [2.05, 4.69) is 20.9 Å². The Morgan fingerprint density at radius 2 is 2.11 bits per heavy atom. The second kappa shape index (κ2) is 4.02. The van der Waals surface area contributed by atoms with E-state index in [0.717, 1.165) is 18.5 Å². The summed E-state index contributed by atoms with van der Waals surface area (Å²) < 4.78 is 13.7. The first-order valence-electron chi connectivity index (χ1n) is 5.59. The SMILES string of the molecule is O=C(O)c1cc(C2CC2)nc2cc(F)c(Br)cc12. The van der Waals surface area contributed by atoms with Crippen LogP contribution in [0.15, 0.2) is 22.7 Å². The van der Waals surface area contributed by atoms with Crippen molar-refractivity contribution < 1.29 is 14.3 Å². The van der Waals surface area contributed by atoms with Crippen molar-refractivity contribution in [2.45, 2.75) is 18.8 Å². The Balaban J connectivity index is 2.33. The van der Waals surface area contributed by atoms with E-state index < -0.39 is 11.8 Å². The molecule has 3 rings (SSSR count). The minimum atomic E-state index is -1.01. The van der Waals surface area contributed by atoms with Crippen LogP contribution >= 0.6 is 15.9 Å². The first-order chi connectivity index (χ1) is 8.56. The van der Waals surface area contributed by atoms with E-state index in [0.29, 0.717) is 16.8 Å². The molecule has 3 nitrogen and oxygen atoms in total. The number of carbonyl (C=O) groups is 1. The molecule has 18 heavy (non-hydrogen) atoms. The number of halogens is 2. The van der Waals surface area contributed by atoms with Crippen LogP contribution in [0.1, 0.15) is 34.8 Å². The first kappa shape index (κ1) is 11.6. The zero-order valence-corrected chi connectivity index (χ0v) is 10.9. The van der Waals surface area contributed by atoms with Gasteiger partial charge in [-0.05, 0) is 40.9 Å². The Hall–Kier alpha value is -1.49. The zero-order valence-electron chi connectivity index (χ0n) is 9.28. The molecule has 0 aliphatic heterocycles. The van der Waals surface area contributed by atoms with Crippen LogP contribution in [0.2, 0.25) is 0 Å². The molecule has 0 spiro atoms. The molecule has 0 amide bonds. The second-order valence-corrected chi connectivity index (χ2v) is 5.31. The van der Waals surface area contributed by atoms with Crippen molar-refractivity contribution in [2.24, 2.45) is 0 Å². The Kier molecular flexibility index (Phi) is 2.59. The summed E-state index contributed by atoms with van der Waals surface area (Å²) in [5.74, 6) is -1.11. The van der Waals surface area contributed by atoms with Crippen LogP contribution in [0.4, 0.5) is 4.39 Å². The lowest BCUT2D eigenvalue weighted by Crippen LogP contribution is -2.02. The fourth-order valence-electron chi connectivity index (χ4n) is 2.01. The molecule has 1 heterocycles. The Morgan fingerprint density at radius 1 is 1.39 bits per heavy atom. The van der Waals surface area contributed by atoms with Crippen molar-refractivity contribution in [3.63, 3.8) is 0 Å². The molecule has 1 aromatic heterocycles. The highest BCUT2D eigenvalue weighted by Gasteiger charge is 2.27. The summed E-state index contributed by atoms with van der Waals surface area (Å²) in [5, 5.41) is 9.69. The van der Waals surface area contributed by atoms with E-state index in [1.54, 1.807) is 6.07 Å². The minimum absolute atomic E-state index is 0.183. The first-order valence-corrected chi connectivity index (χ1v) is 6.38. The van der Waals surface area contributed by atoms with Crippen LogP contribution < -0.4 is 0 Å². The maximum Gasteiger partial charge on any atom is 0.336 e. The lowest BCUT2D eigenvalue weighted by molar-refractivity contribution is 0.0699. The number of pyridine rings is 1. The molecule has 5 heteroatoms. The van der Waals surface area contributed by atoms with E-state index >= 15 is 0 Å². The molecular weight excluding hydrogens is 301 g/mol. The highest BCUT2D eigenvalue weighted by atomic mass is 79.9. The van der Waals surface area contributed by atoms with Gasteiger partial charge in [0.2, 0.25) is 0 Å². The number of nitrogens with zero attached hydrogens (tertiary/aromatic N) is 1. The van der Waals surface area contributed by atoms with Gasteiger partial charge in [0.1, 0.15) is 5.82 Å². The van der Waals surface area contributed by atoms with Gasteiger partial charge in [0.05, 0.1) is 15.6 Å².